The zero-order valence-electron chi connectivity index (χ0n) is 19.3. The second kappa shape index (κ2) is 9.56. The van der Waals surface area contributed by atoms with Gasteiger partial charge in [0.05, 0.1) is 6.04 Å². The minimum absolute atomic E-state index is 0.0178. The molecule has 0 spiro atoms. The van der Waals surface area contributed by atoms with Crippen LogP contribution in [0.1, 0.15) is 52.9 Å². The van der Waals surface area contributed by atoms with E-state index in [9.17, 15) is 9.59 Å². The van der Waals surface area contributed by atoms with Crippen LogP contribution in [0.3, 0.4) is 0 Å². The molecule has 4 aromatic rings. The van der Waals surface area contributed by atoms with Crippen LogP contribution in [-0.4, -0.2) is 34.3 Å². The Kier molecular flexibility index (Phi) is 6.17. The molecule has 2 N–H and O–H groups in total. The van der Waals surface area contributed by atoms with Gasteiger partial charge in [0.25, 0.3) is 5.91 Å². The third-order valence-electron chi connectivity index (χ3n) is 6.67. The summed E-state index contributed by atoms with van der Waals surface area (Å²) >= 11 is 0. The number of nitrogens with zero attached hydrogens (tertiary/aromatic N) is 1. The van der Waals surface area contributed by atoms with Crippen molar-refractivity contribution in [2.45, 2.75) is 38.3 Å². The van der Waals surface area contributed by atoms with Crippen LogP contribution in [0.15, 0.2) is 85.1 Å². The molecule has 2 atom stereocenters. The van der Waals surface area contributed by atoms with Gasteiger partial charge in [-0.15, -0.1) is 0 Å². The summed E-state index contributed by atoms with van der Waals surface area (Å²) in [6.07, 6.45) is 4.06. The van der Waals surface area contributed by atoms with Crippen molar-refractivity contribution < 1.29 is 9.59 Å². The summed E-state index contributed by atoms with van der Waals surface area (Å²) in [6, 6.07) is 26.1. The average molecular weight is 452 g/mol. The predicted octanol–water partition coefficient (Wildman–Crippen LogP) is 5.24. The molecule has 0 bridgehead atoms. The Balaban J connectivity index is 1.28. The number of hydrogen-bond acceptors (Lipinski definition) is 2. The van der Waals surface area contributed by atoms with Gasteiger partial charge in [0.2, 0.25) is 5.91 Å². The molecule has 0 unspecified atom stereocenters. The molecule has 0 saturated carbocycles. The quantitative estimate of drug-likeness (QED) is 0.385. The standard InChI is InChI=1S/C29H29N3O2/c1-20(15-16-21-9-3-2-4-10-21)31-27(33)17-18-32-28(23-12-5-6-13-24(23)29(32)34)25-19-30-26-14-8-7-11-22(25)26/h2-14,19-20,28,30H,15-18H2,1H3,(H,31,33)/t20-,28-/m0/s1. The number of H-pyrrole nitrogens is 1. The Bertz CT molecular complexity index is 1310. The van der Waals surface area contributed by atoms with E-state index in [-0.39, 0.29) is 30.3 Å². The Morgan fingerprint density at radius 1 is 0.971 bits per heavy atom. The second-order valence-corrected chi connectivity index (χ2v) is 9.02. The predicted molar refractivity (Wildman–Crippen MR) is 135 cm³/mol. The molecule has 0 aliphatic carbocycles. The van der Waals surface area contributed by atoms with E-state index in [1.807, 2.05) is 78.7 Å². The highest BCUT2D eigenvalue weighted by Crippen LogP contribution is 2.41. The van der Waals surface area contributed by atoms with Gasteiger partial charge in [-0.2, -0.15) is 0 Å². The number of amides is 2. The topological polar surface area (TPSA) is 65.2 Å². The number of carbonyl (C=O) groups is 2. The van der Waals surface area contributed by atoms with Gasteiger partial charge >= 0.3 is 0 Å². The maximum Gasteiger partial charge on any atom is 0.255 e. The largest absolute Gasteiger partial charge is 0.361 e. The summed E-state index contributed by atoms with van der Waals surface area (Å²) in [5, 5.41) is 4.20. The molecular formula is C29H29N3O2. The number of hydrogen-bond donors (Lipinski definition) is 2. The van der Waals surface area contributed by atoms with Crippen LogP contribution in [0.25, 0.3) is 10.9 Å². The summed E-state index contributed by atoms with van der Waals surface area (Å²) < 4.78 is 0. The first-order valence-electron chi connectivity index (χ1n) is 11.9. The Morgan fingerprint density at radius 3 is 2.56 bits per heavy atom. The number of aryl methyl sites for hydroxylation is 1. The van der Waals surface area contributed by atoms with Crippen molar-refractivity contribution >= 4 is 22.7 Å². The smallest absolute Gasteiger partial charge is 0.255 e. The van der Waals surface area contributed by atoms with E-state index < -0.39 is 0 Å². The van der Waals surface area contributed by atoms with Crippen molar-refractivity contribution in [1.29, 1.82) is 0 Å². The van der Waals surface area contributed by atoms with Crippen LogP contribution in [0.2, 0.25) is 0 Å². The third kappa shape index (κ3) is 4.34. The highest BCUT2D eigenvalue weighted by atomic mass is 16.2. The maximum atomic E-state index is 13.3. The summed E-state index contributed by atoms with van der Waals surface area (Å²) in [6.45, 7) is 2.40. The molecule has 34 heavy (non-hydrogen) atoms. The maximum absolute atomic E-state index is 13.3. The van der Waals surface area contributed by atoms with Gasteiger partial charge in [-0.3, -0.25) is 9.59 Å². The Hall–Kier alpha value is -3.86. The Labute approximate surface area is 199 Å². The molecule has 3 aromatic carbocycles. The van der Waals surface area contributed by atoms with Gasteiger partial charge in [-0.1, -0.05) is 66.7 Å². The highest BCUT2D eigenvalue weighted by Gasteiger charge is 2.38. The van der Waals surface area contributed by atoms with Gasteiger partial charge in [0.15, 0.2) is 0 Å². The van der Waals surface area contributed by atoms with E-state index in [0.717, 1.165) is 40.4 Å². The lowest BCUT2D eigenvalue weighted by Crippen LogP contribution is -2.37. The van der Waals surface area contributed by atoms with E-state index in [0.29, 0.717) is 6.54 Å². The fraction of sp³-hybridized carbons (Fsp3) is 0.241. The van der Waals surface area contributed by atoms with Gasteiger partial charge in [-0.25, -0.2) is 0 Å². The number of aromatic amines is 1. The van der Waals surface area contributed by atoms with Crippen LogP contribution in [0.5, 0.6) is 0 Å². The lowest BCUT2D eigenvalue weighted by Gasteiger charge is -2.25. The summed E-state index contributed by atoms with van der Waals surface area (Å²) in [5.74, 6) is -0.0437. The van der Waals surface area contributed by atoms with Crippen LogP contribution in [-0.2, 0) is 11.2 Å². The number of fused-ring (bicyclic) bond motifs is 2. The summed E-state index contributed by atoms with van der Waals surface area (Å²) in [5.41, 5.74) is 5.08. The minimum atomic E-state index is -0.205. The molecule has 0 radical (unpaired) electrons. The normalized spacial score (nSPS) is 16.0. The first kappa shape index (κ1) is 22.0. The molecule has 2 amide bonds. The molecule has 0 saturated heterocycles. The van der Waals surface area contributed by atoms with E-state index in [4.69, 9.17) is 0 Å². The van der Waals surface area contributed by atoms with Crippen LogP contribution >= 0.6 is 0 Å². The molecule has 1 aliphatic rings. The molecule has 2 heterocycles. The van der Waals surface area contributed by atoms with Gasteiger partial charge in [0.1, 0.15) is 0 Å². The van der Waals surface area contributed by atoms with Gasteiger partial charge < -0.3 is 15.2 Å². The number of aromatic nitrogens is 1. The van der Waals surface area contributed by atoms with Crippen LogP contribution in [0, 0.1) is 0 Å². The molecule has 5 nitrogen and oxygen atoms in total. The lowest BCUT2D eigenvalue weighted by atomic mass is 9.97. The molecule has 5 heteroatoms. The van der Waals surface area contributed by atoms with E-state index in [1.165, 1.54) is 5.56 Å². The summed E-state index contributed by atoms with van der Waals surface area (Å²) in [7, 11) is 0. The molecule has 0 fully saturated rings. The van der Waals surface area contributed by atoms with Gasteiger partial charge in [0, 0.05) is 47.2 Å². The third-order valence-corrected chi connectivity index (χ3v) is 6.67. The van der Waals surface area contributed by atoms with E-state index in [1.54, 1.807) is 0 Å². The van der Waals surface area contributed by atoms with Crippen molar-refractivity contribution in [3.63, 3.8) is 0 Å². The van der Waals surface area contributed by atoms with E-state index >= 15 is 0 Å². The van der Waals surface area contributed by atoms with Crippen molar-refractivity contribution in [3.05, 3.63) is 107 Å². The Morgan fingerprint density at radius 2 is 1.71 bits per heavy atom. The molecule has 1 aromatic heterocycles. The first-order valence-corrected chi connectivity index (χ1v) is 11.9. The fourth-order valence-electron chi connectivity index (χ4n) is 4.93. The average Bonchev–Trinajstić information content (AvgIpc) is 3.41. The van der Waals surface area contributed by atoms with E-state index in [2.05, 4.69) is 28.5 Å². The molecule has 5 rings (SSSR count). The van der Waals surface area contributed by atoms with Crippen molar-refractivity contribution in [2.24, 2.45) is 0 Å². The van der Waals surface area contributed by atoms with Crippen molar-refractivity contribution in [2.75, 3.05) is 6.54 Å². The van der Waals surface area contributed by atoms with Crippen molar-refractivity contribution in [3.8, 4) is 0 Å². The van der Waals surface area contributed by atoms with Crippen molar-refractivity contribution in [1.82, 2.24) is 15.2 Å². The second-order valence-electron chi connectivity index (χ2n) is 9.02. The fourth-order valence-corrected chi connectivity index (χ4v) is 4.93. The minimum Gasteiger partial charge on any atom is -0.361 e. The zero-order chi connectivity index (χ0) is 23.5. The van der Waals surface area contributed by atoms with Crippen LogP contribution in [0.4, 0.5) is 0 Å². The lowest BCUT2D eigenvalue weighted by molar-refractivity contribution is -0.121. The SMILES string of the molecule is C[C@@H](CCc1ccccc1)NC(=O)CCN1C(=O)c2ccccc2[C@H]1c1c[nH]c2ccccc12. The molecular weight excluding hydrogens is 422 g/mol. The highest BCUT2D eigenvalue weighted by molar-refractivity contribution is 6.01. The molecule has 1 aliphatic heterocycles. The number of nitrogens with one attached hydrogen (secondary N) is 2. The monoisotopic (exact) mass is 451 g/mol. The molecule has 172 valence electrons. The zero-order valence-corrected chi connectivity index (χ0v) is 19.3. The number of rotatable bonds is 8. The van der Waals surface area contributed by atoms with Gasteiger partial charge in [-0.05, 0) is 43.0 Å². The number of benzene rings is 3. The summed E-state index contributed by atoms with van der Waals surface area (Å²) in [4.78, 5) is 31.2. The number of carbonyl (C=O) groups excluding carboxylic acids is 2. The number of para-hydroxylation sites is 1. The first-order chi connectivity index (χ1) is 16.6. The van der Waals surface area contributed by atoms with Crippen LogP contribution < -0.4 is 5.32 Å².